The van der Waals surface area contributed by atoms with Crippen molar-refractivity contribution >= 4 is 35.4 Å². The average molecular weight is 298 g/mol. The van der Waals surface area contributed by atoms with Crippen molar-refractivity contribution in [2.45, 2.75) is 5.41 Å². The number of methoxy groups -OCH3 is 1. The number of ether oxygens (including phenoxy) is 1. The summed E-state index contributed by atoms with van der Waals surface area (Å²) in [6.07, 6.45) is 0. The summed E-state index contributed by atoms with van der Waals surface area (Å²) in [5, 5.41) is 11.3. The van der Waals surface area contributed by atoms with Crippen LogP contribution >= 0.6 is 11.6 Å². The number of hydrogen-bond acceptors (Lipinski definition) is 5. The Bertz CT molecular complexity index is 655. The molecule has 2 rings (SSSR count). The van der Waals surface area contributed by atoms with E-state index < -0.39 is 29.2 Å². The van der Waals surface area contributed by atoms with Crippen LogP contribution in [0.4, 0.5) is 0 Å². The molecule has 0 saturated heterocycles. The number of fused-ring (bicyclic) bond motifs is 1. The number of carboxylic acid groups (broad SMARTS) is 1. The summed E-state index contributed by atoms with van der Waals surface area (Å²) in [5.74, 6) is -5.14. The van der Waals surface area contributed by atoms with Gasteiger partial charge in [-0.25, -0.2) is 4.79 Å². The highest BCUT2D eigenvalue weighted by Gasteiger charge is 2.60. The second-order valence-electron chi connectivity index (χ2n) is 4.02. The zero-order valence-corrected chi connectivity index (χ0v) is 10.9. The fourth-order valence-corrected chi connectivity index (χ4v) is 2.24. The zero-order valence-electron chi connectivity index (χ0n) is 10.1. The molecule has 1 heterocycles. The van der Waals surface area contributed by atoms with E-state index in [4.69, 9.17) is 11.6 Å². The molecule has 20 heavy (non-hydrogen) atoms. The third kappa shape index (κ3) is 1.67. The lowest BCUT2D eigenvalue weighted by molar-refractivity contribution is -0.163. The number of esters is 1. The van der Waals surface area contributed by atoms with Crippen LogP contribution in [0.1, 0.15) is 15.9 Å². The lowest BCUT2D eigenvalue weighted by Crippen LogP contribution is -2.61. The Morgan fingerprint density at radius 2 is 2.00 bits per heavy atom. The molecule has 1 aliphatic heterocycles. The van der Waals surface area contributed by atoms with Gasteiger partial charge in [0.25, 0.3) is 17.2 Å². The van der Waals surface area contributed by atoms with Gasteiger partial charge in [0, 0.05) is 16.1 Å². The highest BCUT2D eigenvalue weighted by atomic mass is 35.5. The van der Waals surface area contributed by atoms with E-state index in [0.717, 1.165) is 13.2 Å². The topological polar surface area (TPSA) is 110 Å². The first kappa shape index (κ1) is 14.0. The van der Waals surface area contributed by atoms with Gasteiger partial charge in [0.2, 0.25) is 0 Å². The minimum atomic E-state index is -2.65. The van der Waals surface area contributed by atoms with E-state index in [1.165, 1.54) is 12.1 Å². The number of imide groups is 1. The van der Waals surface area contributed by atoms with Gasteiger partial charge >= 0.3 is 11.9 Å². The van der Waals surface area contributed by atoms with Crippen molar-refractivity contribution in [3.05, 3.63) is 34.3 Å². The van der Waals surface area contributed by atoms with Crippen molar-refractivity contribution in [1.82, 2.24) is 5.32 Å². The first-order valence-corrected chi connectivity index (χ1v) is 5.71. The SMILES string of the molecule is COC(=O)C1(C(=O)O)C(=O)NC(=O)c2ccc(Cl)cc21. The second kappa shape index (κ2) is 4.61. The van der Waals surface area contributed by atoms with Crippen LogP contribution in [0.5, 0.6) is 0 Å². The van der Waals surface area contributed by atoms with Crippen molar-refractivity contribution in [3.63, 3.8) is 0 Å². The van der Waals surface area contributed by atoms with Crippen molar-refractivity contribution in [2.24, 2.45) is 0 Å². The van der Waals surface area contributed by atoms with Gasteiger partial charge in [-0.3, -0.25) is 19.7 Å². The maximum absolute atomic E-state index is 12.0. The summed E-state index contributed by atoms with van der Waals surface area (Å²) in [5.41, 5.74) is -3.08. The number of carbonyl (C=O) groups is 4. The summed E-state index contributed by atoms with van der Waals surface area (Å²) in [4.78, 5) is 47.1. The summed E-state index contributed by atoms with van der Waals surface area (Å²) < 4.78 is 4.42. The average Bonchev–Trinajstić information content (AvgIpc) is 2.37. The molecular weight excluding hydrogens is 290 g/mol. The smallest absolute Gasteiger partial charge is 0.337 e. The molecule has 0 saturated carbocycles. The van der Waals surface area contributed by atoms with E-state index >= 15 is 0 Å². The maximum Gasteiger partial charge on any atom is 0.337 e. The van der Waals surface area contributed by atoms with E-state index in [9.17, 15) is 24.3 Å². The highest BCUT2D eigenvalue weighted by molar-refractivity contribution is 6.34. The predicted octanol–water partition coefficient (Wildman–Crippen LogP) is 0.105. The van der Waals surface area contributed by atoms with Crippen LogP contribution in [-0.4, -0.2) is 36.0 Å². The lowest BCUT2D eigenvalue weighted by atomic mass is 9.74. The zero-order chi connectivity index (χ0) is 15.1. The Labute approximate surface area is 117 Å². The number of rotatable bonds is 2. The summed E-state index contributed by atoms with van der Waals surface area (Å²) in [7, 11) is 0.945. The number of hydrogen-bond donors (Lipinski definition) is 2. The first-order chi connectivity index (χ1) is 9.35. The Morgan fingerprint density at radius 1 is 1.35 bits per heavy atom. The van der Waals surface area contributed by atoms with E-state index in [2.05, 4.69) is 4.74 Å². The predicted molar refractivity (Wildman–Crippen MR) is 65.3 cm³/mol. The van der Waals surface area contributed by atoms with Crippen LogP contribution in [0.3, 0.4) is 0 Å². The first-order valence-electron chi connectivity index (χ1n) is 5.33. The Hall–Kier alpha value is -2.41. The molecule has 0 aromatic heterocycles. The number of carboxylic acids is 1. The third-order valence-corrected chi connectivity index (χ3v) is 3.25. The lowest BCUT2D eigenvalue weighted by Gasteiger charge is -2.30. The molecule has 1 atom stereocenters. The van der Waals surface area contributed by atoms with Gasteiger partial charge in [-0.05, 0) is 18.2 Å². The van der Waals surface area contributed by atoms with Gasteiger partial charge in [-0.2, -0.15) is 0 Å². The molecular formula is C12H8ClNO6. The van der Waals surface area contributed by atoms with Crippen LogP contribution < -0.4 is 5.32 Å². The Kier molecular flexibility index (Phi) is 3.23. The van der Waals surface area contributed by atoms with Crippen molar-refractivity contribution in [3.8, 4) is 0 Å². The number of nitrogens with one attached hydrogen (secondary N) is 1. The molecule has 1 aromatic carbocycles. The Morgan fingerprint density at radius 3 is 2.55 bits per heavy atom. The number of aliphatic carboxylic acids is 1. The van der Waals surface area contributed by atoms with Crippen molar-refractivity contribution in [1.29, 1.82) is 0 Å². The van der Waals surface area contributed by atoms with Crippen LogP contribution in [0.25, 0.3) is 0 Å². The van der Waals surface area contributed by atoms with E-state index in [-0.39, 0.29) is 16.1 Å². The van der Waals surface area contributed by atoms with Gasteiger partial charge in [-0.15, -0.1) is 0 Å². The number of amides is 2. The molecule has 0 fully saturated rings. The quantitative estimate of drug-likeness (QED) is 0.455. The van der Waals surface area contributed by atoms with Crippen LogP contribution in [-0.2, 0) is 24.5 Å². The minimum Gasteiger partial charge on any atom is -0.480 e. The molecule has 8 heteroatoms. The largest absolute Gasteiger partial charge is 0.480 e. The fourth-order valence-electron chi connectivity index (χ4n) is 2.07. The molecule has 1 aliphatic rings. The molecule has 0 bridgehead atoms. The number of carbonyl (C=O) groups excluding carboxylic acids is 3. The van der Waals surface area contributed by atoms with Gasteiger partial charge in [0.15, 0.2) is 0 Å². The Balaban J connectivity index is 2.87. The van der Waals surface area contributed by atoms with E-state index in [0.29, 0.717) is 0 Å². The second-order valence-corrected chi connectivity index (χ2v) is 4.46. The minimum absolute atomic E-state index is 0.0841. The highest BCUT2D eigenvalue weighted by Crippen LogP contribution is 2.34. The maximum atomic E-state index is 12.0. The third-order valence-electron chi connectivity index (χ3n) is 3.01. The van der Waals surface area contributed by atoms with E-state index in [1.54, 1.807) is 0 Å². The van der Waals surface area contributed by atoms with Gasteiger partial charge in [-0.1, -0.05) is 11.6 Å². The van der Waals surface area contributed by atoms with Crippen LogP contribution in [0.15, 0.2) is 18.2 Å². The molecule has 7 nitrogen and oxygen atoms in total. The summed E-state index contributed by atoms with van der Waals surface area (Å²) in [6.45, 7) is 0. The van der Waals surface area contributed by atoms with Gasteiger partial charge in [0.1, 0.15) is 0 Å². The molecule has 0 spiro atoms. The molecule has 1 aromatic rings. The summed E-state index contributed by atoms with van der Waals surface area (Å²) in [6, 6.07) is 3.68. The normalized spacial score (nSPS) is 20.9. The number of benzene rings is 1. The van der Waals surface area contributed by atoms with Crippen LogP contribution in [0.2, 0.25) is 5.02 Å². The van der Waals surface area contributed by atoms with Gasteiger partial charge < -0.3 is 9.84 Å². The standard InChI is InChI=1S/C12H8ClNO6/c1-20-11(19)12(10(17)18)7-4-5(13)2-3-6(7)8(15)14-9(12)16/h2-4H,1H3,(H,17,18)(H,14,15,16). The molecule has 2 N–H and O–H groups in total. The van der Waals surface area contributed by atoms with Gasteiger partial charge in [0.05, 0.1) is 7.11 Å². The van der Waals surface area contributed by atoms with E-state index in [1.807, 2.05) is 5.32 Å². The molecule has 1 unspecified atom stereocenters. The number of halogens is 1. The monoisotopic (exact) mass is 297 g/mol. The molecule has 104 valence electrons. The van der Waals surface area contributed by atoms with Crippen molar-refractivity contribution < 1.29 is 29.0 Å². The molecule has 0 aliphatic carbocycles. The van der Waals surface area contributed by atoms with Crippen molar-refractivity contribution in [2.75, 3.05) is 7.11 Å². The molecule has 0 radical (unpaired) electrons. The fraction of sp³-hybridized carbons (Fsp3) is 0.167. The van der Waals surface area contributed by atoms with Crippen LogP contribution in [0, 0.1) is 0 Å². The molecule has 2 amide bonds. The summed E-state index contributed by atoms with van der Waals surface area (Å²) >= 11 is 5.76.